The topological polar surface area (TPSA) is 24.5 Å². The van der Waals surface area contributed by atoms with Crippen molar-refractivity contribution in [3.05, 3.63) is 58.6 Å². The van der Waals surface area contributed by atoms with Crippen molar-refractivity contribution in [3.63, 3.8) is 0 Å². The summed E-state index contributed by atoms with van der Waals surface area (Å²) in [6.07, 6.45) is 0. The Hall–Kier alpha value is -1.52. The molecule has 2 aromatic rings. The van der Waals surface area contributed by atoms with Crippen LogP contribution in [0.25, 0.3) is 0 Å². The number of morpholine rings is 1. The van der Waals surface area contributed by atoms with Gasteiger partial charge in [-0.05, 0) is 35.9 Å². The first-order valence-electron chi connectivity index (χ1n) is 7.22. The molecule has 1 aliphatic rings. The second-order valence-electron chi connectivity index (χ2n) is 5.13. The number of anilines is 2. The van der Waals surface area contributed by atoms with Crippen molar-refractivity contribution in [1.82, 2.24) is 0 Å². The summed E-state index contributed by atoms with van der Waals surface area (Å²) < 4.78 is 6.48. The monoisotopic (exact) mass is 346 g/mol. The van der Waals surface area contributed by atoms with E-state index in [4.69, 9.17) is 4.74 Å². The number of hydrogen-bond acceptors (Lipinski definition) is 3. The van der Waals surface area contributed by atoms with Crippen molar-refractivity contribution in [2.45, 2.75) is 6.54 Å². The molecule has 0 amide bonds. The van der Waals surface area contributed by atoms with Crippen molar-refractivity contribution in [2.75, 3.05) is 36.5 Å². The highest BCUT2D eigenvalue weighted by atomic mass is 79.9. The zero-order chi connectivity index (χ0) is 14.5. The van der Waals surface area contributed by atoms with Crippen molar-refractivity contribution in [2.24, 2.45) is 0 Å². The molecule has 0 spiro atoms. The second-order valence-corrected chi connectivity index (χ2v) is 6.05. The number of halogens is 1. The Labute approximate surface area is 134 Å². The van der Waals surface area contributed by atoms with Crippen molar-refractivity contribution in [3.8, 4) is 0 Å². The summed E-state index contributed by atoms with van der Waals surface area (Å²) in [6, 6.07) is 17.0. The van der Waals surface area contributed by atoms with E-state index in [0.29, 0.717) is 0 Å². The molecule has 0 bridgehead atoms. The Morgan fingerprint density at radius 2 is 1.81 bits per heavy atom. The molecule has 1 heterocycles. The van der Waals surface area contributed by atoms with Gasteiger partial charge in [0.1, 0.15) is 0 Å². The van der Waals surface area contributed by atoms with E-state index in [9.17, 15) is 0 Å². The van der Waals surface area contributed by atoms with Crippen LogP contribution in [0, 0.1) is 0 Å². The van der Waals surface area contributed by atoms with E-state index in [1.54, 1.807) is 0 Å². The fraction of sp³-hybridized carbons (Fsp3) is 0.294. The van der Waals surface area contributed by atoms with Gasteiger partial charge in [-0.2, -0.15) is 0 Å². The number of nitrogens with zero attached hydrogens (tertiary/aromatic N) is 1. The highest BCUT2D eigenvalue weighted by Crippen LogP contribution is 2.19. The van der Waals surface area contributed by atoms with Gasteiger partial charge in [-0.1, -0.05) is 34.1 Å². The Bertz CT molecular complexity index is 580. The van der Waals surface area contributed by atoms with Crippen molar-refractivity contribution < 1.29 is 4.74 Å². The minimum absolute atomic E-state index is 0.826. The minimum Gasteiger partial charge on any atom is -0.381 e. The van der Waals surface area contributed by atoms with Gasteiger partial charge < -0.3 is 15.0 Å². The maximum absolute atomic E-state index is 5.39. The molecule has 0 aliphatic carbocycles. The van der Waals surface area contributed by atoms with E-state index in [-0.39, 0.29) is 0 Å². The molecule has 1 N–H and O–H groups in total. The molecule has 21 heavy (non-hydrogen) atoms. The Morgan fingerprint density at radius 1 is 1.05 bits per heavy atom. The zero-order valence-electron chi connectivity index (χ0n) is 11.9. The molecule has 4 heteroatoms. The molecular weight excluding hydrogens is 328 g/mol. The third-order valence-electron chi connectivity index (χ3n) is 3.63. The van der Waals surface area contributed by atoms with Crippen LogP contribution in [0.1, 0.15) is 5.56 Å². The summed E-state index contributed by atoms with van der Waals surface area (Å²) in [5.41, 5.74) is 3.69. The highest BCUT2D eigenvalue weighted by Gasteiger charge is 2.10. The van der Waals surface area contributed by atoms with Gasteiger partial charge in [0.25, 0.3) is 0 Å². The lowest BCUT2D eigenvalue weighted by Gasteiger charge is -2.28. The van der Waals surface area contributed by atoms with Crippen LogP contribution >= 0.6 is 15.9 Å². The predicted octanol–water partition coefficient (Wildman–Crippen LogP) is 3.90. The van der Waals surface area contributed by atoms with Gasteiger partial charge in [-0.25, -0.2) is 0 Å². The smallest absolute Gasteiger partial charge is 0.0642 e. The summed E-state index contributed by atoms with van der Waals surface area (Å²) in [7, 11) is 0. The van der Waals surface area contributed by atoms with Crippen LogP contribution in [0.5, 0.6) is 0 Å². The SMILES string of the molecule is Brc1cccc(NCc2ccc(N3CCOCC3)cc2)c1. The van der Waals surface area contributed by atoms with Crippen molar-refractivity contribution >= 4 is 27.3 Å². The van der Waals surface area contributed by atoms with Crippen LogP contribution in [0.15, 0.2) is 53.0 Å². The van der Waals surface area contributed by atoms with Gasteiger partial charge in [0.2, 0.25) is 0 Å². The number of hydrogen-bond donors (Lipinski definition) is 1. The van der Waals surface area contributed by atoms with E-state index in [1.807, 2.05) is 12.1 Å². The van der Waals surface area contributed by atoms with E-state index in [0.717, 1.165) is 43.0 Å². The molecule has 110 valence electrons. The van der Waals surface area contributed by atoms with Crippen LogP contribution in [0.2, 0.25) is 0 Å². The standard InChI is InChI=1S/C17H19BrN2O/c18-15-2-1-3-16(12-15)19-13-14-4-6-17(7-5-14)20-8-10-21-11-9-20/h1-7,12,19H,8-11,13H2. The molecule has 3 rings (SSSR count). The lowest BCUT2D eigenvalue weighted by molar-refractivity contribution is 0.122. The molecule has 3 nitrogen and oxygen atoms in total. The summed E-state index contributed by atoms with van der Waals surface area (Å²) in [5, 5.41) is 3.44. The second kappa shape index (κ2) is 6.96. The third kappa shape index (κ3) is 3.99. The molecule has 1 fully saturated rings. The summed E-state index contributed by atoms with van der Waals surface area (Å²) in [6.45, 7) is 4.45. The van der Waals surface area contributed by atoms with Crippen LogP contribution in [0.3, 0.4) is 0 Å². The average molecular weight is 347 g/mol. The van der Waals surface area contributed by atoms with Gasteiger partial charge >= 0.3 is 0 Å². The Kier molecular flexibility index (Phi) is 4.78. The summed E-state index contributed by atoms with van der Waals surface area (Å²) >= 11 is 3.49. The van der Waals surface area contributed by atoms with E-state index in [1.165, 1.54) is 11.3 Å². The predicted molar refractivity (Wildman–Crippen MR) is 90.9 cm³/mol. The quantitative estimate of drug-likeness (QED) is 0.908. The van der Waals surface area contributed by atoms with E-state index >= 15 is 0 Å². The van der Waals surface area contributed by atoms with Gasteiger partial charge in [0.05, 0.1) is 13.2 Å². The van der Waals surface area contributed by atoms with Gasteiger partial charge in [0, 0.05) is 35.5 Å². The van der Waals surface area contributed by atoms with E-state index < -0.39 is 0 Å². The maximum Gasteiger partial charge on any atom is 0.0642 e. The van der Waals surface area contributed by atoms with Crippen LogP contribution in [0.4, 0.5) is 11.4 Å². The van der Waals surface area contributed by atoms with Crippen molar-refractivity contribution in [1.29, 1.82) is 0 Å². The molecule has 0 unspecified atom stereocenters. The molecule has 0 aromatic heterocycles. The third-order valence-corrected chi connectivity index (χ3v) is 4.13. The number of rotatable bonds is 4. The first-order valence-corrected chi connectivity index (χ1v) is 8.02. The number of benzene rings is 2. The fourth-order valence-corrected chi connectivity index (χ4v) is 2.85. The normalized spacial score (nSPS) is 15.0. The number of nitrogens with one attached hydrogen (secondary N) is 1. The Balaban J connectivity index is 1.59. The number of ether oxygens (including phenoxy) is 1. The molecule has 1 saturated heterocycles. The highest BCUT2D eigenvalue weighted by molar-refractivity contribution is 9.10. The van der Waals surface area contributed by atoms with Gasteiger partial charge in [0.15, 0.2) is 0 Å². The molecule has 2 aromatic carbocycles. The maximum atomic E-state index is 5.39. The molecule has 0 radical (unpaired) electrons. The summed E-state index contributed by atoms with van der Waals surface area (Å²) in [5.74, 6) is 0. The minimum atomic E-state index is 0.826. The van der Waals surface area contributed by atoms with Crippen LogP contribution in [-0.4, -0.2) is 26.3 Å². The molecular formula is C17H19BrN2O. The zero-order valence-corrected chi connectivity index (χ0v) is 13.5. The summed E-state index contributed by atoms with van der Waals surface area (Å²) in [4.78, 5) is 2.37. The van der Waals surface area contributed by atoms with E-state index in [2.05, 4.69) is 62.5 Å². The average Bonchev–Trinajstić information content (AvgIpc) is 2.54. The Morgan fingerprint density at radius 3 is 2.52 bits per heavy atom. The van der Waals surface area contributed by atoms with Gasteiger partial charge in [-0.15, -0.1) is 0 Å². The molecule has 0 atom stereocenters. The van der Waals surface area contributed by atoms with Crippen LogP contribution < -0.4 is 10.2 Å². The first kappa shape index (κ1) is 14.4. The molecule has 1 aliphatic heterocycles. The van der Waals surface area contributed by atoms with Crippen LogP contribution in [-0.2, 0) is 11.3 Å². The molecule has 0 saturated carbocycles. The fourth-order valence-electron chi connectivity index (χ4n) is 2.45. The largest absolute Gasteiger partial charge is 0.381 e. The van der Waals surface area contributed by atoms with Gasteiger partial charge in [-0.3, -0.25) is 0 Å². The lowest BCUT2D eigenvalue weighted by atomic mass is 10.2. The first-order chi connectivity index (χ1) is 10.3. The lowest BCUT2D eigenvalue weighted by Crippen LogP contribution is -2.36.